The molecule has 0 bridgehead atoms. The lowest BCUT2D eigenvalue weighted by molar-refractivity contribution is 0.0719. The summed E-state index contributed by atoms with van der Waals surface area (Å²) in [5, 5.41) is 0. The number of pyridine rings is 1. The maximum atomic E-state index is 13.0. The second-order valence-corrected chi connectivity index (χ2v) is 6.52. The Bertz CT molecular complexity index is 798. The highest BCUT2D eigenvalue weighted by Crippen LogP contribution is 2.24. The number of carbonyl (C=O) groups is 1. The van der Waals surface area contributed by atoms with Crippen molar-refractivity contribution in [2.75, 3.05) is 13.7 Å². The predicted molar refractivity (Wildman–Crippen MR) is 97.1 cm³/mol. The number of aromatic nitrogens is 1. The smallest absolute Gasteiger partial charge is 0.270 e. The molecule has 0 saturated carbocycles. The van der Waals surface area contributed by atoms with Crippen LogP contribution in [0, 0.1) is 0 Å². The topological polar surface area (TPSA) is 51.5 Å². The maximum Gasteiger partial charge on any atom is 0.270 e. The van der Waals surface area contributed by atoms with Crippen molar-refractivity contribution >= 4 is 5.91 Å². The zero-order chi connectivity index (χ0) is 17.8. The van der Waals surface area contributed by atoms with Gasteiger partial charge in [0.05, 0.1) is 13.3 Å². The van der Waals surface area contributed by atoms with E-state index in [2.05, 4.69) is 12.1 Å². The van der Waals surface area contributed by atoms with Gasteiger partial charge in [0.1, 0.15) is 5.69 Å². The highest BCUT2D eigenvalue weighted by atomic mass is 16.5. The van der Waals surface area contributed by atoms with Crippen molar-refractivity contribution in [1.29, 1.82) is 0 Å². The number of amides is 1. The Hall–Kier alpha value is -2.56. The number of aryl methyl sites for hydroxylation is 2. The van der Waals surface area contributed by atoms with E-state index in [0.717, 1.165) is 32.2 Å². The Labute approximate surface area is 147 Å². The summed E-state index contributed by atoms with van der Waals surface area (Å²) < 4.78 is 6.71. The van der Waals surface area contributed by atoms with E-state index in [0.29, 0.717) is 5.69 Å². The van der Waals surface area contributed by atoms with E-state index < -0.39 is 0 Å². The predicted octanol–water partition coefficient (Wildman–Crippen LogP) is 2.63. The van der Waals surface area contributed by atoms with Crippen LogP contribution in [0.1, 0.15) is 35.3 Å². The van der Waals surface area contributed by atoms with Crippen LogP contribution in [-0.2, 0) is 13.5 Å². The number of rotatable bonds is 5. The largest absolute Gasteiger partial charge is 0.491 e. The molecule has 5 heteroatoms. The van der Waals surface area contributed by atoms with Crippen LogP contribution in [0.3, 0.4) is 0 Å². The van der Waals surface area contributed by atoms with Crippen molar-refractivity contribution in [3.63, 3.8) is 0 Å². The maximum absolute atomic E-state index is 13.0. The second kappa shape index (κ2) is 7.55. The van der Waals surface area contributed by atoms with Gasteiger partial charge in [0, 0.05) is 25.7 Å². The molecule has 0 aliphatic carbocycles. The Morgan fingerprint density at radius 2 is 2.04 bits per heavy atom. The standard InChI is InChI=1S/C20H24N2O3/c1-21-14-19(25-2)18(23)13-17(21)20(24)22-12-6-9-16(22)11-10-15-7-4-3-5-8-15/h3-5,7-8,13-14,16H,6,9-12H2,1-2H3. The molecule has 0 N–H and O–H groups in total. The summed E-state index contributed by atoms with van der Waals surface area (Å²) in [6.07, 6.45) is 5.50. The van der Waals surface area contributed by atoms with Gasteiger partial charge >= 0.3 is 0 Å². The highest BCUT2D eigenvalue weighted by molar-refractivity contribution is 5.93. The fourth-order valence-corrected chi connectivity index (χ4v) is 3.50. The molecule has 0 spiro atoms. The van der Waals surface area contributed by atoms with E-state index in [4.69, 9.17) is 4.74 Å². The fourth-order valence-electron chi connectivity index (χ4n) is 3.50. The van der Waals surface area contributed by atoms with Crippen molar-refractivity contribution in [2.45, 2.75) is 31.7 Å². The van der Waals surface area contributed by atoms with E-state index in [1.807, 2.05) is 23.1 Å². The Morgan fingerprint density at radius 3 is 2.76 bits per heavy atom. The minimum Gasteiger partial charge on any atom is -0.491 e. The molecule has 3 rings (SSSR count). The first-order valence-electron chi connectivity index (χ1n) is 8.69. The van der Waals surface area contributed by atoms with E-state index in [9.17, 15) is 9.59 Å². The van der Waals surface area contributed by atoms with Crippen LogP contribution in [0.5, 0.6) is 5.75 Å². The Kier molecular flexibility index (Phi) is 5.22. The summed E-state index contributed by atoms with van der Waals surface area (Å²) in [4.78, 5) is 26.9. The van der Waals surface area contributed by atoms with Crippen molar-refractivity contribution in [1.82, 2.24) is 9.47 Å². The van der Waals surface area contributed by atoms with E-state index in [-0.39, 0.29) is 23.1 Å². The number of methoxy groups -OCH3 is 1. The quantitative estimate of drug-likeness (QED) is 0.841. The lowest BCUT2D eigenvalue weighted by Gasteiger charge is -2.25. The van der Waals surface area contributed by atoms with E-state index >= 15 is 0 Å². The molecule has 5 nitrogen and oxygen atoms in total. The van der Waals surface area contributed by atoms with E-state index in [1.165, 1.54) is 18.7 Å². The molecule has 1 saturated heterocycles. The number of benzene rings is 1. The van der Waals surface area contributed by atoms with Gasteiger partial charge in [0.25, 0.3) is 5.91 Å². The zero-order valence-electron chi connectivity index (χ0n) is 14.8. The molecule has 1 aliphatic heterocycles. The van der Waals surface area contributed by atoms with Crippen LogP contribution in [0.2, 0.25) is 0 Å². The molecule has 0 radical (unpaired) electrons. The third kappa shape index (κ3) is 3.76. The van der Waals surface area contributed by atoms with Gasteiger partial charge in [-0.2, -0.15) is 0 Å². The van der Waals surface area contributed by atoms with Gasteiger partial charge in [-0.1, -0.05) is 30.3 Å². The zero-order valence-corrected chi connectivity index (χ0v) is 14.8. The van der Waals surface area contributed by atoms with Gasteiger partial charge in [-0.15, -0.1) is 0 Å². The van der Waals surface area contributed by atoms with Gasteiger partial charge in [-0.3, -0.25) is 9.59 Å². The summed E-state index contributed by atoms with van der Waals surface area (Å²) >= 11 is 0. The van der Waals surface area contributed by atoms with Crippen molar-refractivity contribution in [3.05, 3.63) is 64.1 Å². The second-order valence-electron chi connectivity index (χ2n) is 6.52. The molecule has 1 aromatic carbocycles. The normalized spacial score (nSPS) is 16.9. The number of carbonyl (C=O) groups excluding carboxylic acids is 1. The number of nitrogens with zero attached hydrogens (tertiary/aromatic N) is 2. The Morgan fingerprint density at radius 1 is 1.28 bits per heavy atom. The average molecular weight is 340 g/mol. The molecular formula is C20H24N2O3. The van der Waals surface area contributed by atoms with Crippen LogP contribution >= 0.6 is 0 Å². The number of likely N-dealkylation sites (tertiary alicyclic amines) is 1. The molecule has 132 valence electrons. The third-order valence-electron chi connectivity index (χ3n) is 4.89. The molecule has 1 amide bonds. The molecule has 25 heavy (non-hydrogen) atoms. The van der Waals surface area contributed by atoms with Crippen LogP contribution in [0.4, 0.5) is 0 Å². The first-order chi connectivity index (χ1) is 12.1. The van der Waals surface area contributed by atoms with Gasteiger partial charge in [-0.25, -0.2) is 0 Å². The summed E-state index contributed by atoms with van der Waals surface area (Å²) in [5.74, 6) is 0.180. The summed E-state index contributed by atoms with van der Waals surface area (Å²) in [6, 6.07) is 11.9. The third-order valence-corrected chi connectivity index (χ3v) is 4.89. The number of ether oxygens (including phenoxy) is 1. The average Bonchev–Trinajstić information content (AvgIpc) is 3.10. The van der Waals surface area contributed by atoms with Gasteiger partial charge < -0.3 is 14.2 Å². The first-order valence-corrected chi connectivity index (χ1v) is 8.69. The molecule has 1 unspecified atom stereocenters. The summed E-state index contributed by atoms with van der Waals surface area (Å²) in [7, 11) is 3.22. The van der Waals surface area contributed by atoms with E-state index in [1.54, 1.807) is 17.8 Å². The minimum atomic E-state index is -0.260. The van der Waals surface area contributed by atoms with Gasteiger partial charge in [0.15, 0.2) is 5.75 Å². The summed E-state index contributed by atoms with van der Waals surface area (Å²) in [5.41, 5.74) is 1.44. The fraction of sp³-hybridized carbons (Fsp3) is 0.400. The molecule has 2 heterocycles. The molecule has 1 atom stereocenters. The lowest BCUT2D eigenvalue weighted by atomic mass is 10.0. The first kappa shape index (κ1) is 17.3. The van der Waals surface area contributed by atoms with Gasteiger partial charge in [-0.05, 0) is 31.2 Å². The van der Waals surface area contributed by atoms with Crippen LogP contribution in [0.25, 0.3) is 0 Å². The number of hydrogen-bond donors (Lipinski definition) is 0. The lowest BCUT2D eigenvalue weighted by Crippen LogP contribution is -2.37. The number of hydrogen-bond acceptors (Lipinski definition) is 3. The SMILES string of the molecule is COc1cn(C)c(C(=O)N2CCCC2CCc2ccccc2)cc1=O. The molecular weight excluding hydrogens is 316 g/mol. The van der Waals surface area contributed by atoms with Crippen LogP contribution in [-0.4, -0.2) is 35.1 Å². The minimum absolute atomic E-state index is 0.0715. The van der Waals surface area contributed by atoms with Gasteiger partial charge in [0.2, 0.25) is 5.43 Å². The molecule has 1 aliphatic rings. The monoisotopic (exact) mass is 340 g/mol. The van der Waals surface area contributed by atoms with Crippen molar-refractivity contribution in [2.24, 2.45) is 7.05 Å². The highest BCUT2D eigenvalue weighted by Gasteiger charge is 2.30. The van der Waals surface area contributed by atoms with Crippen molar-refractivity contribution in [3.8, 4) is 5.75 Å². The van der Waals surface area contributed by atoms with Crippen molar-refractivity contribution < 1.29 is 9.53 Å². The molecule has 2 aromatic rings. The molecule has 1 aromatic heterocycles. The Balaban J connectivity index is 1.74. The summed E-state index contributed by atoms with van der Waals surface area (Å²) in [6.45, 7) is 0.749. The molecule has 1 fully saturated rings. The van der Waals surface area contributed by atoms with Crippen LogP contribution in [0.15, 0.2) is 47.4 Å². The van der Waals surface area contributed by atoms with Crippen LogP contribution < -0.4 is 10.2 Å².